The molecule has 4 heteroatoms. The minimum Gasteiger partial charge on any atom is -0.271 e. The molecule has 0 aromatic carbocycles. The highest BCUT2D eigenvalue weighted by molar-refractivity contribution is 7.97. The Bertz CT molecular complexity index is 325. The van der Waals surface area contributed by atoms with Crippen LogP contribution in [-0.4, -0.2) is 22.3 Å². The highest BCUT2D eigenvalue weighted by Gasteiger charge is 2.12. The molecule has 1 aliphatic heterocycles. The van der Waals surface area contributed by atoms with Crippen molar-refractivity contribution >= 4 is 44.2 Å². The fourth-order valence-electron chi connectivity index (χ4n) is 1.01. The molecule has 1 unspecified atom stereocenters. The summed E-state index contributed by atoms with van der Waals surface area (Å²) < 4.78 is 0. The van der Waals surface area contributed by atoms with Crippen LogP contribution in [0.3, 0.4) is 0 Å². The first-order chi connectivity index (χ1) is 5.90. The maximum atomic E-state index is 5.72. The average molecular weight is 218 g/mol. The fourth-order valence-corrected chi connectivity index (χ4v) is 2.95. The predicted octanol–water partition coefficient (Wildman–Crippen LogP) is 1.97. The summed E-state index contributed by atoms with van der Waals surface area (Å²) in [5.74, 6) is 0.640. The summed E-state index contributed by atoms with van der Waals surface area (Å²) in [6, 6.07) is 2.44. The maximum Gasteiger partial charge on any atom is 0.0767 e. The van der Waals surface area contributed by atoms with Gasteiger partial charge >= 0.3 is 0 Å². The molecule has 0 spiro atoms. The lowest BCUT2D eigenvalue weighted by molar-refractivity contribution is 0.892. The van der Waals surface area contributed by atoms with E-state index in [4.69, 9.17) is 11.6 Å². The SMILES string of the molecule is ClCC1C=S=C(c2ccsc2)N1. The second kappa shape index (κ2) is 3.75. The van der Waals surface area contributed by atoms with E-state index in [1.807, 2.05) is 0 Å². The van der Waals surface area contributed by atoms with Gasteiger partial charge in [0.1, 0.15) is 0 Å². The molecule has 12 heavy (non-hydrogen) atoms. The van der Waals surface area contributed by atoms with Crippen molar-refractivity contribution in [2.75, 3.05) is 5.88 Å². The van der Waals surface area contributed by atoms with Crippen LogP contribution in [0.1, 0.15) is 5.56 Å². The molecule has 0 saturated heterocycles. The third-order valence-corrected chi connectivity index (χ3v) is 3.69. The second-order valence-corrected chi connectivity index (χ2v) is 4.50. The first-order valence-electron chi connectivity index (χ1n) is 3.62. The van der Waals surface area contributed by atoms with Crippen molar-refractivity contribution in [3.63, 3.8) is 0 Å². The van der Waals surface area contributed by atoms with E-state index in [0.717, 1.165) is 0 Å². The van der Waals surface area contributed by atoms with Crippen LogP contribution in [0.25, 0.3) is 0 Å². The number of nitrogens with one attached hydrogen (secondary N) is 1. The van der Waals surface area contributed by atoms with Crippen LogP contribution in [0, 0.1) is 0 Å². The lowest BCUT2D eigenvalue weighted by Gasteiger charge is -2.05. The average Bonchev–Trinajstić information content (AvgIpc) is 2.75. The van der Waals surface area contributed by atoms with Gasteiger partial charge in [0.2, 0.25) is 0 Å². The largest absolute Gasteiger partial charge is 0.271 e. The Morgan fingerprint density at radius 3 is 3.08 bits per heavy atom. The molecule has 0 radical (unpaired) electrons. The summed E-state index contributed by atoms with van der Waals surface area (Å²) in [5.41, 5.74) is 1.27. The van der Waals surface area contributed by atoms with Crippen molar-refractivity contribution in [2.45, 2.75) is 6.04 Å². The van der Waals surface area contributed by atoms with Gasteiger partial charge in [0.05, 0.1) is 11.0 Å². The van der Waals surface area contributed by atoms with Gasteiger partial charge < -0.3 is 0 Å². The molecule has 0 amide bonds. The van der Waals surface area contributed by atoms with Crippen LogP contribution < -0.4 is 5.32 Å². The van der Waals surface area contributed by atoms with Crippen LogP contribution in [0.4, 0.5) is 0 Å². The van der Waals surface area contributed by atoms with Gasteiger partial charge in [0.25, 0.3) is 0 Å². The van der Waals surface area contributed by atoms with E-state index in [-0.39, 0.29) is 0 Å². The maximum absolute atomic E-state index is 5.72. The number of hydrogen-bond acceptors (Lipinski definition) is 2. The third-order valence-electron chi connectivity index (χ3n) is 1.62. The van der Waals surface area contributed by atoms with Gasteiger partial charge in [-0.15, -0.1) is 22.5 Å². The van der Waals surface area contributed by atoms with Gasteiger partial charge in [-0.2, -0.15) is 11.3 Å². The fraction of sp³-hybridized carbons (Fsp3) is 0.250. The lowest BCUT2D eigenvalue weighted by atomic mass is 10.3. The zero-order valence-corrected chi connectivity index (χ0v) is 8.68. The monoisotopic (exact) mass is 217 g/mol. The molecule has 1 aliphatic rings. The minimum atomic E-state index is 0.326. The highest BCUT2D eigenvalue weighted by atomic mass is 35.5. The molecule has 0 fully saturated rings. The van der Waals surface area contributed by atoms with E-state index in [1.165, 1.54) is 10.6 Å². The van der Waals surface area contributed by atoms with E-state index < -0.39 is 0 Å². The van der Waals surface area contributed by atoms with Crippen LogP contribution in [-0.2, 0) is 0 Å². The van der Waals surface area contributed by atoms with Crippen LogP contribution >= 0.6 is 33.9 Å². The molecular formula is C8H8ClNS2. The highest BCUT2D eigenvalue weighted by Crippen LogP contribution is 2.10. The Kier molecular flexibility index (Phi) is 2.66. The van der Waals surface area contributed by atoms with E-state index in [0.29, 0.717) is 11.9 Å². The predicted molar refractivity (Wildman–Crippen MR) is 59.7 cm³/mol. The molecule has 2 heterocycles. The van der Waals surface area contributed by atoms with Crippen molar-refractivity contribution in [3.8, 4) is 0 Å². The summed E-state index contributed by atoms with van der Waals surface area (Å²) in [5, 5.41) is 9.70. The number of rotatable bonds is 2. The summed E-state index contributed by atoms with van der Waals surface area (Å²) >= 11 is 7.43. The van der Waals surface area contributed by atoms with E-state index in [2.05, 4.69) is 27.5 Å². The van der Waals surface area contributed by atoms with Crippen LogP contribution in [0.15, 0.2) is 16.8 Å². The number of alkyl halides is 1. The van der Waals surface area contributed by atoms with Gasteiger partial charge in [-0.3, -0.25) is 5.32 Å². The number of hydrogen-bond donors (Lipinski definition) is 1. The Balaban J connectivity index is 2.16. The van der Waals surface area contributed by atoms with E-state index in [1.54, 1.807) is 22.3 Å². The van der Waals surface area contributed by atoms with Gasteiger partial charge in [0, 0.05) is 16.8 Å². The second-order valence-electron chi connectivity index (χ2n) is 2.50. The van der Waals surface area contributed by atoms with Crippen LogP contribution in [0.2, 0.25) is 0 Å². The summed E-state index contributed by atoms with van der Waals surface area (Å²) in [7, 11) is 1.74. The summed E-state index contributed by atoms with van der Waals surface area (Å²) in [4.78, 5) is 1.22. The smallest absolute Gasteiger partial charge is 0.0767 e. The molecule has 0 aliphatic carbocycles. The summed E-state index contributed by atoms with van der Waals surface area (Å²) in [6.45, 7) is 0. The van der Waals surface area contributed by atoms with Crippen molar-refractivity contribution in [3.05, 3.63) is 22.4 Å². The molecule has 2 rings (SSSR count). The zero-order chi connectivity index (χ0) is 8.39. The molecule has 0 saturated carbocycles. The van der Waals surface area contributed by atoms with Crippen molar-refractivity contribution in [2.24, 2.45) is 0 Å². The topological polar surface area (TPSA) is 12.0 Å². The Morgan fingerprint density at radius 2 is 2.50 bits per heavy atom. The van der Waals surface area contributed by atoms with Gasteiger partial charge in [-0.25, -0.2) is 0 Å². The van der Waals surface area contributed by atoms with Gasteiger partial charge in [0.15, 0.2) is 0 Å². The third kappa shape index (κ3) is 1.64. The Morgan fingerprint density at radius 1 is 1.58 bits per heavy atom. The van der Waals surface area contributed by atoms with Gasteiger partial charge in [-0.05, 0) is 16.8 Å². The van der Waals surface area contributed by atoms with Crippen molar-refractivity contribution < 1.29 is 0 Å². The molecule has 0 bridgehead atoms. The van der Waals surface area contributed by atoms with Crippen molar-refractivity contribution in [1.29, 1.82) is 0 Å². The zero-order valence-electron chi connectivity index (χ0n) is 6.29. The molecule has 1 aromatic rings. The molecule has 64 valence electrons. The molecule has 1 nitrogen and oxygen atoms in total. The normalized spacial score (nSPS) is 22.1. The quantitative estimate of drug-likeness (QED) is 0.590. The minimum absolute atomic E-state index is 0.326. The number of halogens is 1. The molecule has 1 N–H and O–H groups in total. The Hall–Kier alpha value is -0.0900. The standard InChI is InChI=1S/C8H8ClNS2/c9-3-7-5-12-8(10-7)6-1-2-11-4-6/h1-2,4-5,7,10H,3H2. The molecular weight excluding hydrogens is 210 g/mol. The van der Waals surface area contributed by atoms with Crippen molar-refractivity contribution in [1.82, 2.24) is 5.32 Å². The first-order valence-corrected chi connectivity index (χ1v) is 5.98. The molecule has 1 aromatic heterocycles. The molecule has 1 atom stereocenters. The lowest BCUT2D eigenvalue weighted by Crippen LogP contribution is -2.32. The Labute approximate surface area is 83.9 Å². The summed E-state index contributed by atoms with van der Waals surface area (Å²) in [6.07, 6.45) is 0. The van der Waals surface area contributed by atoms with Crippen LogP contribution in [0.5, 0.6) is 0 Å². The number of thiophene rings is 1. The van der Waals surface area contributed by atoms with Gasteiger partial charge in [-0.1, -0.05) is 0 Å². The van der Waals surface area contributed by atoms with E-state index >= 15 is 0 Å². The first kappa shape index (κ1) is 8.51. The van der Waals surface area contributed by atoms with E-state index in [9.17, 15) is 0 Å².